The second kappa shape index (κ2) is 8.46. The second-order valence-corrected chi connectivity index (χ2v) is 5.30. The van der Waals surface area contributed by atoms with Crippen molar-refractivity contribution >= 4 is 11.6 Å². The largest absolute Gasteiger partial charge is 0.491 e. The molecule has 4 heteroatoms. The molecule has 0 radical (unpaired) electrons. The summed E-state index contributed by atoms with van der Waals surface area (Å²) in [6, 6.07) is 5.25. The minimum atomic E-state index is -0.120. The van der Waals surface area contributed by atoms with E-state index in [0.29, 0.717) is 36.1 Å². The summed E-state index contributed by atoms with van der Waals surface area (Å²) in [5.74, 6) is 1.07. The zero-order valence-corrected chi connectivity index (χ0v) is 12.7. The Hall–Kier alpha value is -1.71. The molecule has 0 fully saturated rings. The van der Waals surface area contributed by atoms with Crippen LogP contribution in [0.15, 0.2) is 18.2 Å². The van der Waals surface area contributed by atoms with Crippen LogP contribution in [0.5, 0.6) is 5.75 Å². The average molecular weight is 278 g/mol. The smallest absolute Gasteiger partial charge is 0.255 e. The number of nitrogens with two attached hydrogens (primary N) is 1. The van der Waals surface area contributed by atoms with E-state index in [4.69, 9.17) is 10.5 Å². The molecular weight excluding hydrogens is 252 g/mol. The topological polar surface area (TPSA) is 64.3 Å². The summed E-state index contributed by atoms with van der Waals surface area (Å²) in [5.41, 5.74) is 6.86. The zero-order valence-electron chi connectivity index (χ0n) is 12.7. The lowest BCUT2D eigenvalue weighted by atomic mass is 10.1. The summed E-state index contributed by atoms with van der Waals surface area (Å²) in [4.78, 5) is 12.1. The highest BCUT2D eigenvalue weighted by molar-refractivity contribution is 5.98. The van der Waals surface area contributed by atoms with E-state index in [2.05, 4.69) is 19.2 Å². The molecule has 4 nitrogen and oxygen atoms in total. The molecule has 112 valence electrons. The second-order valence-electron chi connectivity index (χ2n) is 5.30. The predicted octanol–water partition coefficient (Wildman–Crippen LogP) is 3.22. The molecule has 1 aromatic rings. The predicted molar refractivity (Wildman–Crippen MR) is 83.0 cm³/mol. The average Bonchev–Trinajstić information content (AvgIpc) is 2.40. The lowest BCUT2D eigenvalue weighted by Crippen LogP contribution is -2.25. The number of nitrogens with one attached hydrogen (secondary N) is 1. The fourth-order valence-electron chi connectivity index (χ4n) is 2.01. The Labute approximate surface area is 121 Å². The summed E-state index contributed by atoms with van der Waals surface area (Å²) in [5, 5.41) is 2.92. The minimum absolute atomic E-state index is 0.120. The van der Waals surface area contributed by atoms with Crippen molar-refractivity contribution in [1.82, 2.24) is 5.32 Å². The number of carbonyl (C=O) groups is 1. The third-order valence-corrected chi connectivity index (χ3v) is 3.07. The monoisotopic (exact) mass is 278 g/mol. The minimum Gasteiger partial charge on any atom is -0.491 e. The van der Waals surface area contributed by atoms with Crippen LogP contribution in [0.1, 0.15) is 50.4 Å². The third-order valence-electron chi connectivity index (χ3n) is 3.07. The Morgan fingerprint density at radius 3 is 2.75 bits per heavy atom. The van der Waals surface area contributed by atoms with E-state index in [1.165, 1.54) is 6.42 Å². The van der Waals surface area contributed by atoms with E-state index < -0.39 is 0 Å². The highest BCUT2D eigenvalue weighted by Crippen LogP contribution is 2.26. The zero-order chi connectivity index (χ0) is 15.0. The van der Waals surface area contributed by atoms with Gasteiger partial charge in [0.1, 0.15) is 0 Å². The van der Waals surface area contributed by atoms with Crippen molar-refractivity contribution in [3.8, 4) is 5.75 Å². The van der Waals surface area contributed by atoms with Gasteiger partial charge in [0.2, 0.25) is 0 Å². The molecule has 20 heavy (non-hydrogen) atoms. The first-order chi connectivity index (χ1) is 9.56. The number of ether oxygens (including phenoxy) is 1. The summed E-state index contributed by atoms with van der Waals surface area (Å²) in [6.45, 7) is 7.47. The number of hydrogen-bond acceptors (Lipinski definition) is 3. The van der Waals surface area contributed by atoms with Crippen LogP contribution in [0.2, 0.25) is 0 Å². The van der Waals surface area contributed by atoms with Gasteiger partial charge in [-0.3, -0.25) is 4.79 Å². The first-order valence-corrected chi connectivity index (χ1v) is 7.35. The van der Waals surface area contributed by atoms with Gasteiger partial charge in [0.15, 0.2) is 5.75 Å². The van der Waals surface area contributed by atoms with Crippen LogP contribution in [0, 0.1) is 5.92 Å². The molecule has 0 aliphatic rings. The molecule has 1 amide bonds. The van der Waals surface area contributed by atoms with Crippen LogP contribution < -0.4 is 15.8 Å². The number of anilines is 1. The Morgan fingerprint density at radius 1 is 1.35 bits per heavy atom. The quantitative estimate of drug-likeness (QED) is 0.567. The van der Waals surface area contributed by atoms with E-state index in [9.17, 15) is 4.79 Å². The first kappa shape index (κ1) is 16.3. The maximum Gasteiger partial charge on any atom is 0.255 e. The number of amides is 1. The number of unbranched alkanes of at least 4 members (excludes halogenated alkanes) is 1. The van der Waals surface area contributed by atoms with Crippen LogP contribution in [0.4, 0.5) is 5.69 Å². The van der Waals surface area contributed by atoms with E-state index in [1.807, 2.05) is 6.92 Å². The highest BCUT2D eigenvalue weighted by Gasteiger charge is 2.14. The molecule has 0 bridgehead atoms. The molecule has 0 unspecified atom stereocenters. The molecule has 0 saturated carbocycles. The molecule has 0 aromatic heterocycles. The van der Waals surface area contributed by atoms with E-state index in [1.54, 1.807) is 18.2 Å². The van der Waals surface area contributed by atoms with Crippen LogP contribution in [-0.2, 0) is 0 Å². The maximum atomic E-state index is 12.1. The fraction of sp³-hybridized carbons (Fsp3) is 0.562. The number of rotatable bonds is 8. The van der Waals surface area contributed by atoms with Crippen LogP contribution in [0.3, 0.4) is 0 Å². The van der Waals surface area contributed by atoms with Crippen molar-refractivity contribution in [2.45, 2.75) is 40.0 Å². The van der Waals surface area contributed by atoms with Gasteiger partial charge in [-0.25, -0.2) is 0 Å². The Kier molecular flexibility index (Phi) is 6.91. The van der Waals surface area contributed by atoms with Crippen molar-refractivity contribution < 1.29 is 9.53 Å². The van der Waals surface area contributed by atoms with E-state index >= 15 is 0 Å². The number of hydrogen-bond donors (Lipinski definition) is 2. The fourth-order valence-corrected chi connectivity index (χ4v) is 2.01. The van der Waals surface area contributed by atoms with Crippen LogP contribution in [0.25, 0.3) is 0 Å². The normalized spacial score (nSPS) is 10.6. The number of benzene rings is 1. The van der Waals surface area contributed by atoms with Gasteiger partial charge < -0.3 is 15.8 Å². The number of nitrogen functional groups attached to an aromatic ring is 1. The molecule has 3 N–H and O–H groups in total. The van der Waals surface area contributed by atoms with Gasteiger partial charge in [-0.05, 0) is 31.4 Å². The molecular formula is C16H26N2O2. The standard InChI is InChI=1S/C16H26N2O2/c1-4-20-15-13(9-7-10-14(15)17)16(19)18-11-6-5-8-12(2)3/h7,9-10,12H,4-6,8,11,17H2,1-3H3,(H,18,19). The van der Waals surface area contributed by atoms with Crippen LogP contribution >= 0.6 is 0 Å². The van der Waals surface area contributed by atoms with Gasteiger partial charge in [-0.1, -0.05) is 32.8 Å². The summed E-state index contributed by atoms with van der Waals surface area (Å²) < 4.78 is 5.46. The Bertz CT molecular complexity index is 430. The summed E-state index contributed by atoms with van der Waals surface area (Å²) in [7, 11) is 0. The molecule has 0 spiro atoms. The lowest BCUT2D eigenvalue weighted by molar-refractivity contribution is 0.0949. The van der Waals surface area contributed by atoms with Gasteiger partial charge in [-0.15, -0.1) is 0 Å². The van der Waals surface area contributed by atoms with Gasteiger partial charge in [-0.2, -0.15) is 0 Å². The molecule has 0 atom stereocenters. The maximum absolute atomic E-state index is 12.1. The lowest BCUT2D eigenvalue weighted by Gasteiger charge is -2.12. The van der Waals surface area contributed by atoms with Crippen LogP contribution in [-0.4, -0.2) is 19.1 Å². The SMILES string of the molecule is CCOc1c(N)cccc1C(=O)NCCCCC(C)C. The molecule has 0 heterocycles. The van der Waals surface area contributed by atoms with Crippen molar-refractivity contribution in [2.24, 2.45) is 5.92 Å². The van der Waals surface area contributed by atoms with Gasteiger partial charge in [0, 0.05) is 6.54 Å². The van der Waals surface area contributed by atoms with E-state index in [-0.39, 0.29) is 5.91 Å². The van der Waals surface area contributed by atoms with Gasteiger partial charge >= 0.3 is 0 Å². The number of carbonyl (C=O) groups excluding carboxylic acids is 1. The highest BCUT2D eigenvalue weighted by atomic mass is 16.5. The van der Waals surface area contributed by atoms with Crippen molar-refractivity contribution in [3.63, 3.8) is 0 Å². The van der Waals surface area contributed by atoms with Crippen molar-refractivity contribution in [1.29, 1.82) is 0 Å². The molecule has 1 rings (SSSR count). The van der Waals surface area contributed by atoms with Crippen molar-refractivity contribution in [2.75, 3.05) is 18.9 Å². The van der Waals surface area contributed by atoms with E-state index in [0.717, 1.165) is 12.8 Å². The molecule has 1 aromatic carbocycles. The van der Waals surface area contributed by atoms with Gasteiger partial charge in [0.05, 0.1) is 17.9 Å². The first-order valence-electron chi connectivity index (χ1n) is 7.35. The molecule has 0 aliphatic carbocycles. The van der Waals surface area contributed by atoms with Gasteiger partial charge in [0.25, 0.3) is 5.91 Å². The summed E-state index contributed by atoms with van der Waals surface area (Å²) >= 11 is 0. The Balaban J connectivity index is 2.53. The van der Waals surface area contributed by atoms with Crippen molar-refractivity contribution in [3.05, 3.63) is 23.8 Å². The Morgan fingerprint density at radius 2 is 2.10 bits per heavy atom. The number of para-hydroxylation sites is 1. The summed E-state index contributed by atoms with van der Waals surface area (Å²) in [6.07, 6.45) is 3.32. The molecule has 0 saturated heterocycles. The third kappa shape index (κ3) is 5.11. The molecule has 0 aliphatic heterocycles.